The van der Waals surface area contributed by atoms with Crippen molar-refractivity contribution in [3.63, 3.8) is 0 Å². The van der Waals surface area contributed by atoms with E-state index in [2.05, 4.69) is 21.2 Å². The highest BCUT2D eigenvalue weighted by Gasteiger charge is 2.00. The van der Waals surface area contributed by atoms with Crippen LogP contribution in [0.1, 0.15) is 5.56 Å². The zero-order chi connectivity index (χ0) is 13.7. The molecule has 2 aromatic rings. The molecule has 100 valence electrons. The Labute approximate surface area is 120 Å². The number of hydrogen-bond donors (Lipinski definition) is 1. The molecule has 19 heavy (non-hydrogen) atoms. The van der Waals surface area contributed by atoms with Crippen LogP contribution >= 0.6 is 15.9 Å². The van der Waals surface area contributed by atoms with Gasteiger partial charge in [0.1, 0.15) is 18.2 Å². The molecule has 0 spiro atoms. The Kier molecular flexibility index (Phi) is 4.80. The Morgan fingerprint density at radius 2 is 2.00 bits per heavy atom. The number of benzene rings is 2. The number of para-hydroxylation sites is 1. The molecule has 0 aliphatic carbocycles. The van der Waals surface area contributed by atoms with Crippen LogP contribution in [0.25, 0.3) is 0 Å². The summed E-state index contributed by atoms with van der Waals surface area (Å²) < 4.78 is 19.8. The first-order valence-corrected chi connectivity index (χ1v) is 6.83. The van der Waals surface area contributed by atoms with Gasteiger partial charge in [-0.05, 0) is 46.6 Å². The van der Waals surface area contributed by atoms with Crippen molar-refractivity contribution < 1.29 is 9.13 Å². The zero-order valence-corrected chi connectivity index (χ0v) is 12.2. The van der Waals surface area contributed by atoms with Gasteiger partial charge in [-0.15, -0.1) is 0 Å². The molecule has 0 fully saturated rings. The number of hydrogen-bond acceptors (Lipinski definition) is 2. The molecule has 0 saturated heterocycles. The highest BCUT2D eigenvalue weighted by molar-refractivity contribution is 9.10. The lowest BCUT2D eigenvalue weighted by Gasteiger charge is -2.10. The minimum atomic E-state index is -0.240. The molecule has 1 N–H and O–H groups in total. The molecule has 0 heterocycles. The molecule has 0 bridgehead atoms. The second-order valence-electron chi connectivity index (χ2n) is 4.17. The van der Waals surface area contributed by atoms with E-state index in [1.54, 1.807) is 19.1 Å². The highest BCUT2D eigenvalue weighted by atomic mass is 79.9. The van der Waals surface area contributed by atoms with Gasteiger partial charge in [0, 0.05) is 22.8 Å². The molecule has 0 saturated carbocycles. The van der Waals surface area contributed by atoms with Crippen LogP contribution in [-0.2, 0) is 0 Å². The summed E-state index contributed by atoms with van der Waals surface area (Å²) in [5.41, 5.74) is 1.64. The predicted octanol–water partition coefficient (Wildman–Crippen LogP) is 4.39. The Morgan fingerprint density at radius 3 is 2.74 bits per heavy atom. The fraction of sp³-hybridized carbons (Fsp3) is 0.200. The summed E-state index contributed by atoms with van der Waals surface area (Å²) in [5, 5.41) is 3.24. The minimum Gasteiger partial charge on any atom is -0.492 e. The third-order valence-electron chi connectivity index (χ3n) is 2.70. The van der Waals surface area contributed by atoms with Gasteiger partial charge < -0.3 is 10.1 Å². The van der Waals surface area contributed by atoms with Crippen molar-refractivity contribution in [2.75, 3.05) is 18.5 Å². The lowest BCUT2D eigenvalue weighted by Crippen LogP contribution is -2.11. The average molecular weight is 324 g/mol. The van der Waals surface area contributed by atoms with Crippen molar-refractivity contribution in [3.05, 3.63) is 58.3 Å². The molecular formula is C15H15BrFNO. The lowest BCUT2D eigenvalue weighted by molar-refractivity contribution is 0.331. The standard InChI is InChI=1S/C15H15BrFNO/c1-11-6-7-12(10-14(11)17)19-9-8-18-15-5-3-2-4-13(15)16/h2-7,10,18H,8-9H2,1H3. The van der Waals surface area contributed by atoms with Gasteiger partial charge >= 0.3 is 0 Å². The van der Waals surface area contributed by atoms with Crippen molar-refractivity contribution in [2.45, 2.75) is 6.92 Å². The second kappa shape index (κ2) is 6.57. The van der Waals surface area contributed by atoms with Crippen LogP contribution in [0, 0.1) is 12.7 Å². The first-order valence-electron chi connectivity index (χ1n) is 6.04. The summed E-state index contributed by atoms with van der Waals surface area (Å²) in [6.45, 7) is 2.86. The van der Waals surface area contributed by atoms with Gasteiger partial charge in [-0.3, -0.25) is 0 Å². The van der Waals surface area contributed by atoms with Gasteiger partial charge in [0.25, 0.3) is 0 Å². The molecular weight excluding hydrogens is 309 g/mol. The maximum Gasteiger partial charge on any atom is 0.129 e. The topological polar surface area (TPSA) is 21.3 Å². The van der Waals surface area contributed by atoms with E-state index in [4.69, 9.17) is 4.74 Å². The summed E-state index contributed by atoms with van der Waals surface area (Å²) in [6, 6.07) is 12.8. The molecule has 0 aliphatic rings. The molecule has 2 aromatic carbocycles. The van der Waals surface area contributed by atoms with Gasteiger partial charge in [0.2, 0.25) is 0 Å². The van der Waals surface area contributed by atoms with E-state index in [0.717, 1.165) is 10.2 Å². The fourth-order valence-corrected chi connectivity index (χ4v) is 2.05. The largest absolute Gasteiger partial charge is 0.492 e. The molecule has 0 atom stereocenters. The van der Waals surface area contributed by atoms with Crippen LogP contribution in [0.5, 0.6) is 5.75 Å². The first kappa shape index (κ1) is 13.9. The molecule has 2 rings (SSSR count). The third-order valence-corrected chi connectivity index (χ3v) is 3.39. The van der Waals surface area contributed by atoms with Crippen molar-refractivity contribution in [3.8, 4) is 5.75 Å². The smallest absolute Gasteiger partial charge is 0.129 e. The Bertz CT molecular complexity index is 560. The van der Waals surface area contributed by atoms with Crippen LogP contribution in [-0.4, -0.2) is 13.2 Å². The van der Waals surface area contributed by atoms with E-state index in [9.17, 15) is 4.39 Å². The van der Waals surface area contributed by atoms with Crippen LogP contribution < -0.4 is 10.1 Å². The summed E-state index contributed by atoms with van der Waals surface area (Å²) in [7, 11) is 0. The summed E-state index contributed by atoms with van der Waals surface area (Å²) in [5.74, 6) is 0.313. The predicted molar refractivity (Wildman–Crippen MR) is 79.3 cm³/mol. The Morgan fingerprint density at radius 1 is 1.21 bits per heavy atom. The third kappa shape index (κ3) is 3.96. The summed E-state index contributed by atoms with van der Waals surface area (Å²) >= 11 is 3.46. The van der Waals surface area contributed by atoms with Crippen LogP contribution in [0.2, 0.25) is 0 Å². The van der Waals surface area contributed by atoms with Gasteiger partial charge in [0.15, 0.2) is 0 Å². The van der Waals surface area contributed by atoms with E-state index in [0.29, 0.717) is 24.5 Å². The van der Waals surface area contributed by atoms with Crippen molar-refractivity contribution in [1.29, 1.82) is 0 Å². The van der Waals surface area contributed by atoms with Crippen molar-refractivity contribution in [2.24, 2.45) is 0 Å². The zero-order valence-electron chi connectivity index (χ0n) is 10.6. The van der Waals surface area contributed by atoms with E-state index < -0.39 is 0 Å². The number of aryl methyl sites for hydroxylation is 1. The molecule has 0 amide bonds. The van der Waals surface area contributed by atoms with Crippen molar-refractivity contribution >= 4 is 21.6 Å². The quantitative estimate of drug-likeness (QED) is 0.824. The van der Waals surface area contributed by atoms with E-state index in [1.807, 2.05) is 24.3 Å². The van der Waals surface area contributed by atoms with Gasteiger partial charge in [-0.1, -0.05) is 18.2 Å². The van der Waals surface area contributed by atoms with Gasteiger partial charge in [-0.2, -0.15) is 0 Å². The van der Waals surface area contributed by atoms with E-state index in [1.165, 1.54) is 6.07 Å². The molecule has 0 aromatic heterocycles. The number of halogens is 2. The highest BCUT2D eigenvalue weighted by Crippen LogP contribution is 2.21. The average Bonchev–Trinajstić information content (AvgIpc) is 2.40. The summed E-state index contributed by atoms with van der Waals surface area (Å²) in [6.07, 6.45) is 0. The Hall–Kier alpha value is -1.55. The second-order valence-corrected chi connectivity index (χ2v) is 5.02. The number of anilines is 1. The number of ether oxygens (including phenoxy) is 1. The van der Waals surface area contributed by atoms with Crippen molar-refractivity contribution in [1.82, 2.24) is 0 Å². The number of rotatable bonds is 5. The van der Waals surface area contributed by atoms with Crippen LogP contribution in [0.3, 0.4) is 0 Å². The Balaban J connectivity index is 1.81. The van der Waals surface area contributed by atoms with Crippen LogP contribution in [0.15, 0.2) is 46.9 Å². The number of nitrogens with one attached hydrogen (secondary N) is 1. The first-order chi connectivity index (χ1) is 9.16. The molecule has 2 nitrogen and oxygen atoms in total. The SMILES string of the molecule is Cc1ccc(OCCNc2ccccc2Br)cc1F. The fourth-order valence-electron chi connectivity index (χ4n) is 1.62. The van der Waals surface area contributed by atoms with E-state index in [-0.39, 0.29) is 5.82 Å². The maximum absolute atomic E-state index is 13.3. The molecule has 0 aliphatic heterocycles. The van der Waals surface area contributed by atoms with Gasteiger partial charge in [-0.25, -0.2) is 4.39 Å². The summed E-state index contributed by atoms with van der Waals surface area (Å²) in [4.78, 5) is 0. The lowest BCUT2D eigenvalue weighted by atomic mass is 10.2. The molecule has 0 unspecified atom stereocenters. The maximum atomic E-state index is 13.3. The normalized spacial score (nSPS) is 10.3. The molecule has 4 heteroatoms. The monoisotopic (exact) mass is 323 g/mol. The van der Waals surface area contributed by atoms with Crippen LogP contribution in [0.4, 0.5) is 10.1 Å². The minimum absolute atomic E-state index is 0.240. The van der Waals surface area contributed by atoms with E-state index >= 15 is 0 Å². The molecule has 0 radical (unpaired) electrons. The van der Waals surface area contributed by atoms with Gasteiger partial charge in [0.05, 0.1) is 0 Å².